The Labute approximate surface area is 180 Å². The van der Waals surface area contributed by atoms with E-state index in [4.69, 9.17) is 0 Å². The molecule has 0 aliphatic carbocycles. The van der Waals surface area contributed by atoms with Gasteiger partial charge in [0.05, 0.1) is 12.8 Å². The number of carbonyl (C=O) groups is 2. The molecule has 0 spiro atoms. The number of allylic oxidation sites excluding steroid dienone is 1. The van der Waals surface area contributed by atoms with Crippen LogP contribution < -0.4 is 9.47 Å². The molecule has 0 bridgehead atoms. The van der Waals surface area contributed by atoms with Crippen LogP contribution in [0.25, 0.3) is 16.6 Å². The van der Waals surface area contributed by atoms with E-state index < -0.39 is 34.9 Å². The minimum atomic E-state index is -5.13. The van der Waals surface area contributed by atoms with Gasteiger partial charge in [0.1, 0.15) is 0 Å². The van der Waals surface area contributed by atoms with Gasteiger partial charge in [-0.15, -0.1) is 0 Å². The van der Waals surface area contributed by atoms with Crippen LogP contribution in [0.5, 0.6) is 0 Å². The largest absolute Gasteiger partial charge is 0.478 e. The number of para-hydroxylation sites is 2. The molecule has 1 amide bonds. The second-order valence-electron chi connectivity index (χ2n) is 7.24. The number of halogens is 3. The SMILES string of the molecule is COC(=O)/C(=C(/[n+]1cccc2ccccc21)C(F)(F)F)[C@@]1(O)C(=O)N(C)c2ccccc21. The molecule has 1 aliphatic rings. The van der Waals surface area contributed by atoms with Crippen molar-refractivity contribution < 1.29 is 37.2 Å². The highest BCUT2D eigenvalue weighted by atomic mass is 19.4. The Bertz CT molecular complexity index is 1280. The van der Waals surface area contributed by atoms with Gasteiger partial charge in [0, 0.05) is 30.1 Å². The number of anilines is 1. The lowest BCUT2D eigenvalue weighted by Crippen LogP contribution is -2.49. The van der Waals surface area contributed by atoms with Crippen LogP contribution in [-0.2, 0) is 19.9 Å². The zero-order valence-corrected chi connectivity index (χ0v) is 17.1. The van der Waals surface area contributed by atoms with E-state index in [2.05, 4.69) is 4.74 Å². The molecule has 164 valence electrons. The monoisotopic (exact) mass is 443 g/mol. The van der Waals surface area contributed by atoms with Gasteiger partial charge in [0.2, 0.25) is 11.1 Å². The van der Waals surface area contributed by atoms with Crippen molar-refractivity contribution >= 4 is 34.2 Å². The topological polar surface area (TPSA) is 70.7 Å². The summed E-state index contributed by atoms with van der Waals surface area (Å²) in [7, 11) is 2.20. The van der Waals surface area contributed by atoms with Crippen LogP contribution in [0.3, 0.4) is 0 Å². The molecule has 0 radical (unpaired) electrons. The number of aliphatic hydroxyl groups is 1. The number of ether oxygens (including phenoxy) is 1. The van der Waals surface area contributed by atoms with E-state index in [1.54, 1.807) is 30.3 Å². The van der Waals surface area contributed by atoms with Gasteiger partial charge in [0.15, 0.2) is 11.8 Å². The third kappa shape index (κ3) is 3.04. The Balaban J connectivity index is 2.18. The maximum absolute atomic E-state index is 14.6. The van der Waals surface area contributed by atoms with E-state index in [1.807, 2.05) is 0 Å². The number of hydrogen-bond donors (Lipinski definition) is 1. The van der Waals surface area contributed by atoms with E-state index in [0.29, 0.717) is 5.39 Å². The standard InChI is InChI=1S/C23H18F3N2O4/c1-27-17-12-6-4-10-15(17)22(31,21(27)30)18(20(29)32-2)19(23(24,25)26)28-13-7-9-14-8-3-5-11-16(14)28/h3-13,31H,1-2H3/q+1/b19-18-/t22-/m1/s1. The van der Waals surface area contributed by atoms with Crippen LogP contribution in [0.2, 0.25) is 0 Å². The molecule has 2 heterocycles. The van der Waals surface area contributed by atoms with E-state index >= 15 is 0 Å². The van der Waals surface area contributed by atoms with E-state index in [-0.39, 0.29) is 16.8 Å². The van der Waals surface area contributed by atoms with Gasteiger partial charge >= 0.3 is 17.8 Å². The summed E-state index contributed by atoms with van der Waals surface area (Å²) in [6.07, 6.45) is -4.02. The first-order valence-electron chi connectivity index (χ1n) is 9.52. The molecule has 0 fully saturated rings. The van der Waals surface area contributed by atoms with Crippen LogP contribution in [-0.4, -0.2) is 37.3 Å². The molecule has 1 atom stereocenters. The van der Waals surface area contributed by atoms with E-state index in [0.717, 1.165) is 22.8 Å². The molecular formula is C23H18F3N2O4+. The second-order valence-corrected chi connectivity index (χ2v) is 7.24. The summed E-state index contributed by atoms with van der Waals surface area (Å²) >= 11 is 0. The molecule has 1 N–H and O–H groups in total. The van der Waals surface area contributed by atoms with Gasteiger partial charge in [-0.2, -0.15) is 17.7 Å². The minimum absolute atomic E-state index is 0.124. The summed E-state index contributed by atoms with van der Waals surface area (Å²) < 4.78 is 49.1. The van der Waals surface area contributed by atoms with Crippen LogP contribution >= 0.6 is 0 Å². The first-order valence-corrected chi connectivity index (χ1v) is 9.52. The van der Waals surface area contributed by atoms with Gasteiger partial charge in [-0.3, -0.25) is 4.79 Å². The first-order chi connectivity index (χ1) is 15.1. The van der Waals surface area contributed by atoms with Gasteiger partial charge in [-0.05, 0) is 18.2 Å². The summed E-state index contributed by atoms with van der Waals surface area (Å²) in [6, 6.07) is 15.0. The van der Waals surface area contributed by atoms with Crippen LogP contribution in [0.1, 0.15) is 5.56 Å². The number of benzene rings is 2. The Morgan fingerprint density at radius 2 is 1.69 bits per heavy atom. The third-order valence-electron chi connectivity index (χ3n) is 5.47. The number of pyridine rings is 1. The molecule has 2 aromatic carbocycles. The average molecular weight is 443 g/mol. The molecular weight excluding hydrogens is 425 g/mol. The zero-order chi connectivity index (χ0) is 23.3. The predicted octanol–water partition coefficient (Wildman–Crippen LogP) is 2.94. The van der Waals surface area contributed by atoms with E-state index in [1.165, 1.54) is 37.4 Å². The summed E-state index contributed by atoms with van der Waals surface area (Å²) in [5.74, 6) is -2.57. The number of hydrogen-bond acceptors (Lipinski definition) is 4. The molecule has 6 nitrogen and oxygen atoms in total. The number of nitrogens with zero attached hydrogens (tertiary/aromatic N) is 2. The molecule has 32 heavy (non-hydrogen) atoms. The number of carbonyl (C=O) groups excluding carboxylic acids is 2. The fraction of sp³-hybridized carbons (Fsp3) is 0.174. The maximum atomic E-state index is 14.6. The van der Waals surface area contributed by atoms with Crippen LogP contribution in [0.15, 0.2) is 72.4 Å². The molecule has 3 aromatic rings. The van der Waals surface area contributed by atoms with E-state index in [9.17, 15) is 27.9 Å². The third-order valence-corrected chi connectivity index (χ3v) is 5.47. The highest BCUT2D eigenvalue weighted by Crippen LogP contribution is 2.47. The summed E-state index contributed by atoms with van der Waals surface area (Å²) in [5, 5.41) is 12.0. The molecule has 4 rings (SSSR count). The zero-order valence-electron chi connectivity index (χ0n) is 17.1. The van der Waals surface area contributed by atoms with Crippen LogP contribution in [0.4, 0.5) is 18.9 Å². The van der Waals surface area contributed by atoms with Crippen molar-refractivity contribution in [2.24, 2.45) is 0 Å². The lowest BCUT2D eigenvalue weighted by molar-refractivity contribution is -0.570. The minimum Gasteiger partial charge on any atom is -0.465 e. The van der Waals surface area contributed by atoms with Gasteiger partial charge < -0.3 is 14.7 Å². The fourth-order valence-corrected chi connectivity index (χ4v) is 4.05. The molecule has 9 heteroatoms. The average Bonchev–Trinajstić information content (AvgIpc) is 2.98. The number of rotatable bonds is 3. The van der Waals surface area contributed by atoms with Gasteiger partial charge in [0.25, 0.3) is 5.91 Å². The van der Waals surface area contributed by atoms with Crippen molar-refractivity contribution in [1.82, 2.24) is 0 Å². The maximum Gasteiger partial charge on any atom is 0.478 e. The Hall–Kier alpha value is -3.72. The smallest absolute Gasteiger partial charge is 0.465 e. The summed E-state index contributed by atoms with van der Waals surface area (Å²) in [5.41, 5.74) is -5.47. The molecule has 0 unspecified atom stereocenters. The number of aromatic nitrogens is 1. The Morgan fingerprint density at radius 1 is 1.06 bits per heavy atom. The first kappa shape index (κ1) is 21.5. The fourth-order valence-electron chi connectivity index (χ4n) is 4.05. The highest BCUT2D eigenvalue weighted by Gasteiger charge is 2.61. The Kier molecular flexibility index (Phi) is 5.01. The Morgan fingerprint density at radius 3 is 2.38 bits per heavy atom. The molecule has 0 saturated carbocycles. The summed E-state index contributed by atoms with van der Waals surface area (Å²) in [4.78, 5) is 27.0. The van der Waals surface area contributed by atoms with Crippen molar-refractivity contribution in [2.45, 2.75) is 11.8 Å². The van der Waals surface area contributed by atoms with Crippen molar-refractivity contribution in [2.75, 3.05) is 19.1 Å². The van der Waals surface area contributed by atoms with Crippen molar-refractivity contribution in [3.05, 3.63) is 78.0 Å². The molecule has 1 aromatic heterocycles. The normalized spacial score (nSPS) is 19.1. The predicted molar refractivity (Wildman–Crippen MR) is 109 cm³/mol. The number of amides is 1. The second kappa shape index (κ2) is 7.45. The number of methoxy groups -OCH3 is 1. The lowest BCUT2D eigenvalue weighted by atomic mass is 9.85. The quantitative estimate of drug-likeness (QED) is 0.384. The lowest BCUT2D eigenvalue weighted by Gasteiger charge is -2.25. The number of fused-ring (bicyclic) bond motifs is 2. The van der Waals surface area contributed by atoms with Crippen molar-refractivity contribution in [1.29, 1.82) is 0 Å². The summed E-state index contributed by atoms with van der Waals surface area (Å²) in [6.45, 7) is 0. The van der Waals surface area contributed by atoms with Crippen LogP contribution in [0, 0.1) is 0 Å². The molecule has 0 saturated heterocycles. The van der Waals surface area contributed by atoms with Gasteiger partial charge in [-0.1, -0.05) is 30.3 Å². The number of likely N-dealkylation sites (N-methyl/N-ethyl adjacent to an activating group) is 1. The number of esters is 1. The number of alkyl halides is 3. The van der Waals surface area contributed by atoms with Crippen molar-refractivity contribution in [3.8, 4) is 0 Å². The van der Waals surface area contributed by atoms with Gasteiger partial charge in [-0.25, -0.2) is 4.79 Å². The van der Waals surface area contributed by atoms with Crippen molar-refractivity contribution in [3.63, 3.8) is 0 Å². The molecule has 1 aliphatic heterocycles. The highest BCUT2D eigenvalue weighted by molar-refractivity contribution is 6.15.